The van der Waals surface area contributed by atoms with Crippen molar-refractivity contribution in [2.45, 2.75) is 13.0 Å². The standard InChI is InChI=1S/C17H16ClN3/c1-11-8-12(6-7-16(11)18)17(21-19)15-10-20-9-13-4-2-3-5-14(13)15/h2-10,17,21H,19H2,1H3. The smallest absolute Gasteiger partial charge is 0.0731 e. The molecule has 3 N–H and O–H groups in total. The topological polar surface area (TPSA) is 50.9 Å². The third-order valence-electron chi connectivity index (χ3n) is 3.69. The Labute approximate surface area is 128 Å². The lowest BCUT2D eigenvalue weighted by Crippen LogP contribution is -2.29. The maximum atomic E-state index is 6.11. The van der Waals surface area contributed by atoms with Gasteiger partial charge in [0.1, 0.15) is 0 Å². The molecule has 0 fully saturated rings. The van der Waals surface area contributed by atoms with E-state index >= 15 is 0 Å². The van der Waals surface area contributed by atoms with Crippen LogP contribution in [-0.2, 0) is 0 Å². The summed E-state index contributed by atoms with van der Waals surface area (Å²) in [5.74, 6) is 5.81. The molecule has 1 heterocycles. The molecular weight excluding hydrogens is 282 g/mol. The van der Waals surface area contributed by atoms with Gasteiger partial charge in [-0.15, -0.1) is 0 Å². The minimum Gasteiger partial charge on any atom is -0.271 e. The molecule has 0 saturated heterocycles. The van der Waals surface area contributed by atoms with E-state index in [0.717, 1.165) is 32.5 Å². The lowest BCUT2D eigenvalue weighted by molar-refractivity contribution is 0.638. The van der Waals surface area contributed by atoms with Crippen molar-refractivity contribution in [2.75, 3.05) is 0 Å². The second-order valence-corrected chi connectivity index (χ2v) is 5.47. The molecule has 0 radical (unpaired) electrons. The van der Waals surface area contributed by atoms with Crippen LogP contribution in [-0.4, -0.2) is 4.98 Å². The van der Waals surface area contributed by atoms with Gasteiger partial charge in [0, 0.05) is 28.4 Å². The van der Waals surface area contributed by atoms with Crippen molar-refractivity contribution in [1.82, 2.24) is 10.4 Å². The molecule has 0 aliphatic heterocycles. The van der Waals surface area contributed by atoms with Gasteiger partial charge >= 0.3 is 0 Å². The Bertz CT molecular complexity index is 781. The number of hydrazine groups is 1. The fourth-order valence-corrected chi connectivity index (χ4v) is 2.70. The van der Waals surface area contributed by atoms with E-state index in [0.29, 0.717) is 0 Å². The molecule has 1 unspecified atom stereocenters. The third-order valence-corrected chi connectivity index (χ3v) is 4.12. The predicted octanol–water partition coefficient (Wildman–Crippen LogP) is 3.75. The summed E-state index contributed by atoms with van der Waals surface area (Å²) in [5, 5.41) is 2.99. The Morgan fingerprint density at radius 1 is 1.14 bits per heavy atom. The highest BCUT2D eigenvalue weighted by molar-refractivity contribution is 6.31. The van der Waals surface area contributed by atoms with Crippen molar-refractivity contribution in [1.29, 1.82) is 0 Å². The van der Waals surface area contributed by atoms with Crippen LogP contribution in [0.1, 0.15) is 22.7 Å². The van der Waals surface area contributed by atoms with Crippen LogP contribution in [0.25, 0.3) is 10.8 Å². The molecule has 0 amide bonds. The first-order valence-electron chi connectivity index (χ1n) is 6.75. The average Bonchev–Trinajstić information content (AvgIpc) is 2.52. The minimum atomic E-state index is -0.125. The molecule has 2 aromatic carbocycles. The molecule has 0 spiro atoms. The largest absolute Gasteiger partial charge is 0.271 e. The Kier molecular flexibility index (Phi) is 3.88. The van der Waals surface area contributed by atoms with Gasteiger partial charge in [0.05, 0.1) is 6.04 Å². The number of benzene rings is 2. The monoisotopic (exact) mass is 297 g/mol. The summed E-state index contributed by atoms with van der Waals surface area (Å²) in [7, 11) is 0. The summed E-state index contributed by atoms with van der Waals surface area (Å²) in [6.45, 7) is 1.99. The van der Waals surface area contributed by atoms with Crippen molar-refractivity contribution < 1.29 is 0 Å². The Balaban J connectivity index is 2.16. The molecule has 0 bridgehead atoms. The number of pyridine rings is 1. The normalized spacial score (nSPS) is 12.5. The fraction of sp³-hybridized carbons (Fsp3) is 0.118. The zero-order chi connectivity index (χ0) is 14.8. The number of fused-ring (bicyclic) bond motifs is 1. The van der Waals surface area contributed by atoms with Crippen LogP contribution < -0.4 is 11.3 Å². The molecule has 21 heavy (non-hydrogen) atoms. The summed E-state index contributed by atoms with van der Waals surface area (Å²) < 4.78 is 0. The van der Waals surface area contributed by atoms with Crippen LogP contribution in [0.15, 0.2) is 54.9 Å². The second-order valence-electron chi connectivity index (χ2n) is 5.06. The highest BCUT2D eigenvalue weighted by Crippen LogP contribution is 2.29. The molecule has 0 saturated carbocycles. The fourth-order valence-electron chi connectivity index (χ4n) is 2.58. The van der Waals surface area contributed by atoms with Gasteiger partial charge in [-0.1, -0.05) is 48.0 Å². The summed E-state index contributed by atoms with van der Waals surface area (Å²) in [5.41, 5.74) is 6.04. The van der Waals surface area contributed by atoms with Crippen LogP contribution in [0.3, 0.4) is 0 Å². The van der Waals surface area contributed by atoms with E-state index in [2.05, 4.69) is 22.5 Å². The molecule has 4 heteroatoms. The first kappa shape index (κ1) is 14.0. The van der Waals surface area contributed by atoms with Gasteiger partial charge in [0.2, 0.25) is 0 Å². The van der Waals surface area contributed by atoms with E-state index in [4.69, 9.17) is 17.4 Å². The molecule has 1 atom stereocenters. The lowest BCUT2D eigenvalue weighted by Gasteiger charge is -2.19. The van der Waals surface area contributed by atoms with Gasteiger partial charge in [-0.2, -0.15) is 0 Å². The zero-order valence-corrected chi connectivity index (χ0v) is 12.4. The van der Waals surface area contributed by atoms with Gasteiger partial charge in [0.15, 0.2) is 0 Å². The number of nitrogens with one attached hydrogen (secondary N) is 1. The van der Waals surface area contributed by atoms with E-state index in [1.807, 2.05) is 49.6 Å². The number of aromatic nitrogens is 1. The summed E-state index contributed by atoms with van der Waals surface area (Å²) in [6, 6.07) is 14.0. The first-order chi connectivity index (χ1) is 10.2. The molecule has 3 rings (SSSR count). The summed E-state index contributed by atoms with van der Waals surface area (Å²) in [4.78, 5) is 4.33. The number of hydrogen-bond donors (Lipinski definition) is 2. The highest BCUT2D eigenvalue weighted by atomic mass is 35.5. The van der Waals surface area contributed by atoms with E-state index in [-0.39, 0.29) is 6.04 Å². The van der Waals surface area contributed by atoms with E-state index in [1.165, 1.54) is 0 Å². The molecule has 0 aliphatic rings. The van der Waals surface area contributed by atoms with Crippen molar-refractivity contribution >= 4 is 22.4 Å². The van der Waals surface area contributed by atoms with Gasteiger partial charge < -0.3 is 0 Å². The quantitative estimate of drug-likeness (QED) is 0.572. The maximum Gasteiger partial charge on any atom is 0.0731 e. The Hall–Kier alpha value is -1.94. The molecule has 0 aliphatic carbocycles. The van der Waals surface area contributed by atoms with E-state index in [9.17, 15) is 0 Å². The molecule has 3 nitrogen and oxygen atoms in total. The van der Waals surface area contributed by atoms with Gasteiger partial charge in [-0.05, 0) is 29.5 Å². The van der Waals surface area contributed by atoms with Crippen LogP contribution in [0.2, 0.25) is 5.02 Å². The number of nitrogens with two attached hydrogens (primary N) is 1. The zero-order valence-electron chi connectivity index (χ0n) is 11.7. The molecule has 1 aromatic heterocycles. The number of nitrogens with zero attached hydrogens (tertiary/aromatic N) is 1. The predicted molar refractivity (Wildman–Crippen MR) is 87.1 cm³/mol. The van der Waals surface area contributed by atoms with Gasteiger partial charge in [-0.3, -0.25) is 10.8 Å². The maximum absolute atomic E-state index is 6.11. The second kappa shape index (κ2) is 5.82. The third kappa shape index (κ3) is 2.63. The Morgan fingerprint density at radius 2 is 1.95 bits per heavy atom. The lowest BCUT2D eigenvalue weighted by atomic mass is 9.95. The van der Waals surface area contributed by atoms with Crippen LogP contribution in [0, 0.1) is 6.92 Å². The number of aryl methyl sites for hydroxylation is 1. The molecule has 3 aromatic rings. The van der Waals surface area contributed by atoms with Crippen molar-refractivity contribution in [3.05, 3.63) is 76.6 Å². The van der Waals surface area contributed by atoms with E-state index in [1.54, 1.807) is 0 Å². The first-order valence-corrected chi connectivity index (χ1v) is 7.13. The van der Waals surface area contributed by atoms with Crippen molar-refractivity contribution in [3.63, 3.8) is 0 Å². The van der Waals surface area contributed by atoms with Crippen LogP contribution in [0.5, 0.6) is 0 Å². The minimum absolute atomic E-state index is 0.125. The SMILES string of the molecule is Cc1cc(C(NN)c2cncc3ccccc23)ccc1Cl. The van der Waals surface area contributed by atoms with Gasteiger partial charge in [-0.25, -0.2) is 5.43 Å². The summed E-state index contributed by atoms with van der Waals surface area (Å²) >= 11 is 6.11. The average molecular weight is 298 g/mol. The van der Waals surface area contributed by atoms with Gasteiger partial charge in [0.25, 0.3) is 0 Å². The Morgan fingerprint density at radius 3 is 2.71 bits per heavy atom. The van der Waals surface area contributed by atoms with Crippen molar-refractivity contribution in [2.24, 2.45) is 5.84 Å². The number of halogens is 1. The molecule has 106 valence electrons. The van der Waals surface area contributed by atoms with Crippen LogP contribution >= 0.6 is 11.6 Å². The summed E-state index contributed by atoms with van der Waals surface area (Å²) in [6.07, 6.45) is 3.72. The van der Waals surface area contributed by atoms with Crippen molar-refractivity contribution in [3.8, 4) is 0 Å². The highest BCUT2D eigenvalue weighted by Gasteiger charge is 2.16. The van der Waals surface area contributed by atoms with Crippen LogP contribution in [0.4, 0.5) is 0 Å². The number of hydrogen-bond acceptors (Lipinski definition) is 3. The molecular formula is C17H16ClN3. The van der Waals surface area contributed by atoms with E-state index < -0.39 is 0 Å². The number of rotatable bonds is 3.